The summed E-state index contributed by atoms with van der Waals surface area (Å²) >= 11 is 5.73. The average molecular weight is 278 g/mol. The van der Waals surface area contributed by atoms with Crippen molar-refractivity contribution >= 4 is 17.5 Å². The summed E-state index contributed by atoms with van der Waals surface area (Å²) in [6.45, 7) is 2.12. The lowest BCUT2D eigenvalue weighted by molar-refractivity contribution is -0.120. The minimum Gasteiger partial charge on any atom is -0.351 e. The van der Waals surface area contributed by atoms with E-state index in [1.807, 2.05) is 43.7 Å². The Morgan fingerprint density at radius 3 is 2.84 bits per heavy atom. The molecule has 2 aromatic rings. The largest absolute Gasteiger partial charge is 0.351 e. The lowest BCUT2D eigenvalue weighted by Crippen LogP contribution is -2.29. The van der Waals surface area contributed by atoms with Gasteiger partial charge in [0.1, 0.15) is 5.38 Å². The summed E-state index contributed by atoms with van der Waals surface area (Å²) in [4.78, 5) is 11.5. The van der Waals surface area contributed by atoms with Gasteiger partial charge in [-0.1, -0.05) is 24.3 Å². The number of carbonyl (C=O) groups excluding carboxylic acids is 1. The molecule has 0 aliphatic rings. The summed E-state index contributed by atoms with van der Waals surface area (Å²) in [5.41, 5.74) is 3.14. The monoisotopic (exact) mass is 277 g/mol. The van der Waals surface area contributed by atoms with Gasteiger partial charge in [-0.25, -0.2) is 0 Å². The Balaban J connectivity index is 2.20. The van der Waals surface area contributed by atoms with Crippen molar-refractivity contribution in [2.45, 2.75) is 18.8 Å². The molecule has 2 rings (SSSR count). The van der Waals surface area contributed by atoms with Gasteiger partial charge in [-0.2, -0.15) is 5.10 Å². The number of alkyl halides is 1. The van der Waals surface area contributed by atoms with Gasteiger partial charge in [-0.15, -0.1) is 11.6 Å². The number of aryl methyl sites for hydroxylation is 1. The van der Waals surface area contributed by atoms with Gasteiger partial charge in [0.05, 0.1) is 6.20 Å². The molecule has 0 aliphatic carbocycles. The van der Waals surface area contributed by atoms with E-state index in [1.54, 1.807) is 11.6 Å². The molecule has 0 radical (unpaired) electrons. The fraction of sp³-hybridized carbons (Fsp3) is 0.286. The first-order chi connectivity index (χ1) is 9.08. The number of carbonyl (C=O) groups is 1. The molecule has 1 heterocycles. The quantitative estimate of drug-likeness (QED) is 0.872. The van der Waals surface area contributed by atoms with Crippen LogP contribution >= 0.6 is 11.6 Å². The normalized spacial score (nSPS) is 12.2. The Kier molecular flexibility index (Phi) is 4.22. The van der Waals surface area contributed by atoms with Crippen molar-refractivity contribution in [2.75, 3.05) is 0 Å². The number of amides is 1. The van der Waals surface area contributed by atoms with E-state index in [1.165, 1.54) is 0 Å². The molecule has 1 N–H and O–H groups in total. The molecule has 0 saturated carbocycles. The van der Waals surface area contributed by atoms with Crippen LogP contribution in [0, 0.1) is 0 Å². The maximum atomic E-state index is 11.5. The Bertz CT molecular complexity index is 578. The third kappa shape index (κ3) is 3.35. The van der Waals surface area contributed by atoms with Gasteiger partial charge in [0, 0.05) is 25.4 Å². The highest BCUT2D eigenvalue weighted by Crippen LogP contribution is 2.22. The van der Waals surface area contributed by atoms with Crippen molar-refractivity contribution < 1.29 is 4.79 Å². The van der Waals surface area contributed by atoms with E-state index in [4.69, 9.17) is 11.6 Å². The summed E-state index contributed by atoms with van der Waals surface area (Å²) < 4.78 is 1.76. The van der Waals surface area contributed by atoms with E-state index >= 15 is 0 Å². The summed E-state index contributed by atoms with van der Waals surface area (Å²) in [6.07, 6.45) is 3.76. The number of aromatic nitrogens is 2. The van der Waals surface area contributed by atoms with E-state index in [0.29, 0.717) is 6.54 Å². The summed E-state index contributed by atoms with van der Waals surface area (Å²) in [5.74, 6) is -0.164. The molecule has 0 spiro atoms. The predicted molar refractivity (Wildman–Crippen MR) is 75.8 cm³/mol. The summed E-state index contributed by atoms with van der Waals surface area (Å²) in [7, 11) is 1.88. The third-order valence-electron chi connectivity index (χ3n) is 2.85. The van der Waals surface area contributed by atoms with E-state index in [9.17, 15) is 4.79 Å². The van der Waals surface area contributed by atoms with Crippen LogP contribution in [0.3, 0.4) is 0 Å². The highest BCUT2D eigenvalue weighted by atomic mass is 35.5. The second kappa shape index (κ2) is 5.89. The van der Waals surface area contributed by atoms with Crippen LogP contribution in [0.4, 0.5) is 0 Å². The van der Waals surface area contributed by atoms with Crippen molar-refractivity contribution in [1.29, 1.82) is 0 Å². The van der Waals surface area contributed by atoms with Crippen LogP contribution in [-0.2, 0) is 18.4 Å². The van der Waals surface area contributed by atoms with E-state index in [2.05, 4.69) is 10.4 Å². The predicted octanol–water partition coefficient (Wildman–Crippen LogP) is 2.33. The van der Waals surface area contributed by atoms with Gasteiger partial charge in [-0.05, 0) is 18.1 Å². The lowest BCUT2D eigenvalue weighted by Gasteiger charge is -2.10. The van der Waals surface area contributed by atoms with Gasteiger partial charge in [0.25, 0.3) is 0 Å². The summed E-state index contributed by atoms with van der Waals surface area (Å²) in [6, 6.07) is 7.92. The van der Waals surface area contributed by atoms with Gasteiger partial charge < -0.3 is 5.32 Å². The van der Waals surface area contributed by atoms with Crippen molar-refractivity contribution in [1.82, 2.24) is 15.1 Å². The average Bonchev–Trinajstić information content (AvgIpc) is 2.82. The first kappa shape index (κ1) is 13.6. The maximum absolute atomic E-state index is 11.5. The first-order valence-corrected chi connectivity index (χ1v) is 6.50. The fourth-order valence-electron chi connectivity index (χ4n) is 1.84. The standard InChI is InChI=1S/C14H16ClN3O/c1-10(15)14(19)16-7-11-5-3-4-6-13(11)12-8-17-18(2)9-12/h3-6,8-10H,7H2,1-2H3,(H,16,19). The van der Waals surface area contributed by atoms with Gasteiger partial charge >= 0.3 is 0 Å². The number of hydrogen-bond donors (Lipinski definition) is 1. The van der Waals surface area contributed by atoms with Crippen LogP contribution in [0.5, 0.6) is 0 Å². The Morgan fingerprint density at radius 1 is 1.47 bits per heavy atom. The molecule has 5 heteroatoms. The summed E-state index contributed by atoms with van der Waals surface area (Å²) in [5, 5.41) is 6.46. The van der Waals surface area contributed by atoms with E-state index < -0.39 is 5.38 Å². The highest BCUT2D eigenvalue weighted by molar-refractivity contribution is 6.30. The molecule has 0 saturated heterocycles. The topological polar surface area (TPSA) is 46.9 Å². The molecule has 0 fully saturated rings. The molecule has 1 amide bonds. The minimum atomic E-state index is -0.523. The Morgan fingerprint density at radius 2 is 2.21 bits per heavy atom. The smallest absolute Gasteiger partial charge is 0.238 e. The molecule has 1 aromatic heterocycles. The molecular formula is C14H16ClN3O. The van der Waals surface area contributed by atoms with Crippen LogP contribution in [0.15, 0.2) is 36.7 Å². The number of nitrogens with one attached hydrogen (secondary N) is 1. The van der Waals surface area contributed by atoms with Crippen molar-refractivity contribution in [3.05, 3.63) is 42.2 Å². The molecule has 1 aromatic carbocycles. The molecule has 0 bridgehead atoms. The van der Waals surface area contributed by atoms with Crippen LogP contribution in [-0.4, -0.2) is 21.1 Å². The number of rotatable bonds is 4. The van der Waals surface area contributed by atoms with E-state index in [0.717, 1.165) is 16.7 Å². The molecule has 19 heavy (non-hydrogen) atoms. The second-order valence-electron chi connectivity index (χ2n) is 4.39. The van der Waals surface area contributed by atoms with E-state index in [-0.39, 0.29) is 5.91 Å². The minimum absolute atomic E-state index is 0.164. The van der Waals surface area contributed by atoms with Gasteiger partial charge in [0.15, 0.2) is 0 Å². The number of benzene rings is 1. The maximum Gasteiger partial charge on any atom is 0.238 e. The van der Waals surface area contributed by atoms with Crippen molar-refractivity contribution in [2.24, 2.45) is 7.05 Å². The van der Waals surface area contributed by atoms with Crippen molar-refractivity contribution in [3.63, 3.8) is 0 Å². The molecule has 4 nitrogen and oxygen atoms in total. The third-order valence-corrected chi connectivity index (χ3v) is 3.05. The van der Waals surface area contributed by atoms with Crippen LogP contribution < -0.4 is 5.32 Å². The van der Waals surface area contributed by atoms with Crippen LogP contribution in [0.1, 0.15) is 12.5 Å². The molecule has 1 atom stereocenters. The fourth-order valence-corrected chi connectivity index (χ4v) is 1.92. The van der Waals surface area contributed by atoms with Crippen LogP contribution in [0.25, 0.3) is 11.1 Å². The SMILES string of the molecule is CC(Cl)C(=O)NCc1ccccc1-c1cnn(C)c1. The Hall–Kier alpha value is -1.81. The zero-order valence-corrected chi connectivity index (χ0v) is 11.7. The highest BCUT2D eigenvalue weighted by Gasteiger charge is 2.10. The van der Waals surface area contributed by atoms with Crippen molar-refractivity contribution in [3.8, 4) is 11.1 Å². The van der Waals surface area contributed by atoms with Gasteiger partial charge in [-0.3, -0.25) is 9.48 Å². The zero-order valence-electron chi connectivity index (χ0n) is 10.9. The number of hydrogen-bond acceptors (Lipinski definition) is 2. The molecule has 0 aliphatic heterocycles. The lowest BCUT2D eigenvalue weighted by atomic mass is 10.0. The number of nitrogens with zero attached hydrogens (tertiary/aromatic N) is 2. The zero-order chi connectivity index (χ0) is 13.8. The Labute approximate surface area is 117 Å². The molecule has 100 valence electrons. The second-order valence-corrected chi connectivity index (χ2v) is 5.05. The number of halogens is 1. The van der Waals surface area contributed by atoms with Gasteiger partial charge in [0.2, 0.25) is 5.91 Å². The molecular weight excluding hydrogens is 262 g/mol. The first-order valence-electron chi connectivity index (χ1n) is 6.06. The van der Waals surface area contributed by atoms with Crippen LogP contribution in [0.2, 0.25) is 0 Å². The molecule has 1 unspecified atom stereocenters.